The van der Waals surface area contributed by atoms with E-state index in [2.05, 4.69) is 5.32 Å². The summed E-state index contributed by atoms with van der Waals surface area (Å²) in [6.07, 6.45) is -3.96. The van der Waals surface area contributed by atoms with Crippen molar-refractivity contribution in [1.29, 1.82) is 0 Å². The van der Waals surface area contributed by atoms with Crippen LogP contribution in [0.5, 0.6) is 0 Å². The van der Waals surface area contributed by atoms with Crippen molar-refractivity contribution in [2.45, 2.75) is 32.5 Å². The summed E-state index contributed by atoms with van der Waals surface area (Å²) in [5.41, 5.74) is 0. The van der Waals surface area contributed by atoms with Gasteiger partial charge in [0.2, 0.25) is 5.91 Å². The molecule has 0 aliphatic rings. The zero-order valence-corrected chi connectivity index (χ0v) is 12.1. The Bertz CT molecular complexity index is 335. The topological polar surface area (TPSA) is 78.9 Å². The van der Waals surface area contributed by atoms with Crippen LogP contribution in [0.3, 0.4) is 0 Å². The van der Waals surface area contributed by atoms with E-state index in [0.717, 1.165) is 0 Å². The van der Waals surface area contributed by atoms with Crippen molar-refractivity contribution in [1.82, 2.24) is 10.2 Å². The zero-order chi connectivity index (χ0) is 16.5. The van der Waals surface area contributed by atoms with Crippen LogP contribution in [0.4, 0.5) is 13.2 Å². The maximum absolute atomic E-state index is 12.3. The van der Waals surface area contributed by atoms with Gasteiger partial charge in [-0.3, -0.25) is 14.5 Å². The lowest BCUT2D eigenvalue weighted by Crippen LogP contribution is -2.44. The molecule has 0 rings (SSSR count). The molecule has 0 fully saturated rings. The number of amides is 1. The molecule has 0 saturated carbocycles. The van der Waals surface area contributed by atoms with Gasteiger partial charge in [-0.25, -0.2) is 0 Å². The highest BCUT2D eigenvalue weighted by Crippen LogP contribution is 2.16. The van der Waals surface area contributed by atoms with Crippen molar-refractivity contribution in [2.75, 3.05) is 32.8 Å². The fourth-order valence-corrected chi connectivity index (χ4v) is 1.49. The molecule has 0 aromatic carbocycles. The van der Waals surface area contributed by atoms with Crippen molar-refractivity contribution >= 4 is 11.9 Å². The first-order chi connectivity index (χ1) is 9.60. The maximum Gasteiger partial charge on any atom is 0.401 e. The molecule has 0 unspecified atom stereocenters. The van der Waals surface area contributed by atoms with E-state index in [-0.39, 0.29) is 12.6 Å². The lowest BCUT2D eigenvalue weighted by atomic mass is 10.4. The van der Waals surface area contributed by atoms with E-state index < -0.39 is 37.7 Å². The Morgan fingerprint density at radius 3 is 2.38 bits per heavy atom. The second kappa shape index (κ2) is 9.56. The molecular formula is C12H21F3N2O4. The molecule has 0 aromatic heterocycles. The number of hydrogen-bond donors (Lipinski definition) is 2. The number of carbonyl (C=O) groups is 2. The van der Waals surface area contributed by atoms with E-state index in [1.807, 2.05) is 13.8 Å². The van der Waals surface area contributed by atoms with Crippen LogP contribution in [0.2, 0.25) is 0 Å². The van der Waals surface area contributed by atoms with Gasteiger partial charge in [-0.2, -0.15) is 13.2 Å². The number of carbonyl (C=O) groups excluding carboxylic acids is 1. The van der Waals surface area contributed by atoms with E-state index >= 15 is 0 Å². The molecule has 0 aliphatic heterocycles. The summed E-state index contributed by atoms with van der Waals surface area (Å²) in [6, 6.07) is 0. The van der Waals surface area contributed by atoms with Crippen LogP contribution in [0.1, 0.15) is 20.3 Å². The fraction of sp³-hybridized carbons (Fsp3) is 0.833. The third-order valence-electron chi connectivity index (χ3n) is 2.22. The summed E-state index contributed by atoms with van der Waals surface area (Å²) in [6.45, 7) is 1.51. The normalized spacial score (nSPS) is 12.0. The molecule has 21 heavy (non-hydrogen) atoms. The van der Waals surface area contributed by atoms with Gasteiger partial charge in [0.05, 0.1) is 25.7 Å². The van der Waals surface area contributed by atoms with Crippen LogP contribution < -0.4 is 5.32 Å². The second-order valence-electron chi connectivity index (χ2n) is 4.78. The number of carboxylic acids is 1. The largest absolute Gasteiger partial charge is 0.480 e. The molecule has 0 bridgehead atoms. The summed E-state index contributed by atoms with van der Waals surface area (Å²) in [5.74, 6) is -2.07. The molecule has 124 valence electrons. The Morgan fingerprint density at radius 1 is 1.29 bits per heavy atom. The molecule has 0 saturated heterocycles. The first-order valence-electron chi connectivity index (χ1n) is 6.49. The SMILES string of the molecule is CC(C)OCCCNC(=O)CN(CC(=O)O)CC(F)(F)F. The lowest BCUT2D eigenvalue weighted by Gasteiger charge is -2.21. The van der Waals surface area contributed by atoms with Gasteiger partial charge in [0.15, 0.2) is 0 Å². The first-order valence-corrected chi connectivity index (χ1v) is 6.49. The van der Waals surface area contributed by atoms with Gasteiger partial charge < -0.3 is 15.2 Å². The highest BCUT2D eigenvalue weighted by molar-refractivity contribution is 5.79. The first kappa shape index (κ1) is 19.7. The summed E-state index contributed by atoms with van der Waals surface area (Å²) in [7, 11) is 0. The Morgan fingerprint density at radius 2 is 1.90 bits per heavy atom. The molecular weight excluding hydrogens is 293 g/mol. The Hall–Kier alpha value is -1.35. The number of carboxylic acid groups (broad SMARTS) is 1. The van der Waals surface area contributed by atoms with E-state index in [1.165, 1.54) is 0 Å². The number of hydrogen-bond acceptors (Lipinski definition) is 4. The van der Waals surface area contributed by atoms with Crippen LogP contribution in [-0.2, 0) is 14.3 Å². The van der Waals surface area contributed by atoms with Gasteiger partial charge in [-0.05, 0) is 20.3 Å². The van der Waals surface area contributed by atoms with Crippen LogP contribution >= 0.6 is 0 Å². The van der Waals surface area contributed by atoms with Crippen molar-refractivity contribution in [3.63, 3.8) is 0 Å². The number of ether oxygens (including phenoxy) is 1. The summed E-state index contributed by atoms with van der Waals surface area (Å²) in [4.78, 5) is 22.5. The molecule has 0 atom stereocenters. The van der Waals surface area contributed by atoms with Gasteiger partial charge in [-0.1, -0.05) is 0 Å². The van der Waals surface area contributed by atoms with E-state index in [0.29, 0.717) is 17.9 Å². The van der Waals surface area contributed by atoms with Crippen molar-refractivity contribution in [3.8, 4) is 0 Å². The zero-order valence-electron chi connectivity index (χ0n) is 12.1. The molecule has 0 spiro atoms. The fourth-order valence-electron chi connectivity index (χ4n) is 1.49. The summed E-state index contributed by atoms with van der Waals surface area (Å²) >= 11 is 0. The molecule has 2 N–H and O–H groups in total. The minimum atomic E-state index is -4.55. The Labute approximate surface area is 121 Å². The van der Waals surface area contributed by atoms with Crippen molar-refractivity contribution in [2.24, 2.45) is 0 Å². The number of nitrogens with one attached hydrogen (secondary N) is 1. The minimum Gasteiger partial charge on any atom is -0.480 e. The number of nitrogens with zero attached hydrogens (tertiary/aromatic N) is 1. The van der Waals surface area contributed by atoms with Gasteiger partial charge in [0.25, 0.3) is 0 Å². The van der Waals surface area contributed by atoms with Gasteiger partial charge in [-0.15, -0.1) is 0 Å². The maximum atomic E-state index is 12.3. The third kappa shape index (κ3) is 13.4. The molecule has 1 amide bonds. The molecule has 9 heteroatoms. The number of aliphatic carboxylic acids is 1. The lowest BCUT2D eigenvalue weighted by molar-refractivity contribution is -0.155. The quantitative estimate of drug-likeness (QED) is 0.585. The molecule has 6 nitrogen and oxygen atoms in total. The standard InChI is InChI=1S/C12H21F3N2O4/c1-9(2)21-5-3-4-16-10(18)6-17(7-11(19)20)8-12(13,14)15/h9H,3-8H2,1-2H3,(H,16,18)(H,19,20). The second-order valence-corrected chi connectivity index (χ2v) is 4.78. The molecule has 0 aliphatic carbocycles. The Balaban J connectivity index is 4.07. The Kier molecular flexibility index (Phi) is 8.95. The van der Waals surface area contributed by atoms with E-state index in [4.69, 9.17) is 9.84 Å². The highest BCUT2D eigenvalue weighted by atomic mass is 19.4. The minimum absolute atomic E-state index is 0.0681. The summed E-state index contributed by atoms with van der Waals surface area (Å²) in [5, 5.41) is 11.0. The van der Waals surface area contributed by atoms with Gasteiger partial charge >= 0.3 is 12.1 Å². The monoisotopic (exact) mass is 314 g/mol. The van der Waals surface area contributed by atoms with Crippen molar-refractivity contribution < 1.29 is 32.6 Å². The van der Waals surface area contributed by atoms with Crippen LogP contribution in [-0.4, -0.2) is 66.9 Å². The predicted molar refractivity (Wildman–Crippen MR) is 68.8 cm³/mol. The smallest absolute Gasteiger partial charge is 0.401 e. The highest BCUT2D eigenvalue weighted by Gasteiger charge is 2.32. The van der Waals surface area contributed by atoms with E-state index in [9.17, 15) is 22.8 Å². The molecule has 0 radical (unpaired) electrons. The average Bonchev–Trinajstić information content (AvgIpc) is 2.24. The van der Waals surface area contributed by atoms with Gasteiger partial charge in [0.1, 0.15) is 0 Å². The van der Waals surface area contributed by atoms with Gasteiger partial charge in [0, 0.05) is 13.2 Å². The number of alkyl halides is 3. The average molecular weight is 314 g/mol. The molecule has 0 aromatic rings. The van der Waals surface area contributed by atoms with Crippen molar-refractivity contribution in [3.05, 3.63) is 0 Å². The number of halogens is 3. The third-order valence-corrected chi connectivity index (χ3v) is 2.22. The summed E-state index contributed by atoms with van der Waals surface area (Å²) < 4.78 is 42.0. The van der Waals surface area contributed by atoms with Crippen LogP contribution in [0, 0.1) is 0 Å². The predicted octanol–water partition coefficient (Wildman–Crippen LogP) is 0.867. The molecule has 0 heterocycles. The van der Waals surface area contributed by atoms with E-state index in [1.54, 1.807) is 0 Å². The van der Waals surface area contributed by atoms with Crippen LogP contribution in [0.25, 0.3) is 0 Å². The van der Waals surface area contributed by atoms with Crippen LogP contribution in [0.15, 0.2) is 0 Å². The number of rotatable bonds is 10.